The van der Waals surface area contributed by atoms with Crippen LogP contribution in [0.15, 0.2) is 54.9 Å². The van der Waals surface area contributed by atoms with Gasteiger partial charge in [0.05, 0.1) is 12.0 Å². The summed E-state index contributed by atoms with van der Waals surface area (Å²) in [6.45, 7) is 1.93. The number of thiophene rings is 1. The normalized spacial score (nSPS) is 11.4. The molecule has 0 fully saturated rings. The van der Waals surface area contributed by atoms with Gasteiger partial charge in [0.15, 0.2) is 11.5 Å². The molecule has 4 rings (SSSR count). The third-order valence-corrected chi connectivity index (χ3v) is 6.04. The van der Waals surface area contributed by atoms with Crippen LogP contribution in [-0.4, -0.2) is 23.0 Å². The Kier molecular flexibility index (Phi) is 6.19. The van der Waals surface area contributed by atoms with Crippen LogP contribution in [0.25, 0.3) is 10.2 Å². The highest BCUT2D eigenvalue weighted by molar-refractivity contribution is 7.20. The van der Waals surface area contributed by atoms with Crippen molar-refractivity contribution in [1.29, 1.82) is 0 Å². The zero-order valence-corrected chi connectivity index (χ0v) is 18.4. The molecule has 33 heavy (non-hydrogen) atoms. The van der Waals surface area contributed by atoms with E-state index >= 15 is 0 Å². The molecule has 10 heteroatoms. The van der Waals surface area contributed by atoms with Crippen LogP contribution in [-0.2, 0) is 12.8 Å². The van der Waals surface area contributed by atoms with Gasteiger partial charge in [-0.3, -0.25) is 9.78 Å². The third kappa shape index (κ3) is 4.90. The number of halogens is 3. The van der Waals surface area contributed by atoms with Crippen molar-refractivity contribution < 1.29 is 27.4 Å². The molecule has 1 N–H and O–H groups in total. The Bertz CT molecular complexity index is 1310. The van der Waals surface area contributed by atoms with Gasteiger partial charge in [0, 0.05) is 35.1 Å². The first-order valence-corrected chi connectivity index (χ1v) is 10.6. The maximum atomic E-state index is 13.0. The first-order chi connectivity index (χ1) is 15.8. The lowest BCUT2D eigenvalue weighted by Gasteiger charge is -2.13. The van der Waals surface area contributed by atoms with Crippen molar-refractivity contribution in [3.8, 4) is 11.5 Å². The lowest BCUT2D eigenvalue weighted by Crippen LogP contribution is -2.11. The number of rotatable bonds is 6. The van der Waals surface area contributed by atoms with Crippen LogP contribution in [0.3, 0.4) is 0 Å². The van der Waals surface area contributed by atoms with E-state index in [-0.39, 0.29) is 16.3 Å². The number of nitrogens with one attached hydrogen (secondary N) is 1. The summed E-state index contributed by atoms with van der Waals surface area (Å²) in [5.41, 5.74) is 0.882. The minimum absolute atomic E-state index is 0.155. The molecule has 0 unspecified atom stereocenters. The number of nitrogens with zero attached hydrogens (tertiary/aromatic N) is 2. The maximum absolute atomic E-state index is 13.0. The van der Waals surface area contributed by atoms with E-state index in [9.17, 15) is 18.0 Å². The van der Waals surface area contributed by atoms with Crippen LogP contribution < -0.4 is 14.8 Å². The predicted octanol–water partition coefficient (Wildman–Crippen LogP) is 5.86. The Hall–Kier alpha value is -3.66. The van der Waals surface area contributed by atoms with Gasteiger partial charge < -0.3 is 14.8 Å². The number of hydrogen-bond donors (Lipinski definition) is 1. The third-order valence-electron chi connectivity index (χ3n) is 4.84. The Morgan fingerprint density at radius 3 is 2.67 bits per heavy atom. The Labute approximate surface area is 191 Å². The topological polar surface area (TPSA) is 73.3 Å². The number of hydrogen-bond acceptors (Lipinski definition) is 6. The molecule has 1 aromatic carbocycles. The van der Waals surface area contributed by atoms with Crippen molar-refractivity contribution >= 4 is 33.1 Å². The zero-order valence-electron chi connectivity index (χ0n) is 17.6. The molecule has 0 aliphatic carbocycles. The molecular formula is C23H18F3N3O3S. The maximum Gasteiger partial charge on any atom is 0.433 e. The molecule has 0 bridgehead atoms. The van der Waals surface area contributed by atoms with Gasteiger partial charge in [-0.05, 0) is 42.8 Å². The van der Waals surface area contributed by atoms with Crippen molar-refractivity contribution in [2.24, 2.45) is 0 Å². The molecule has 170 valence electrons. The molecule has 0 saturated carbocycles. The van der Waals surface area contributed by atoms with E-state index in [1.807, 2.05) is 6.07 Å². The Balaban J connectivity index is 1.56. The van der Waals surface area contributed by atoms with Gasteiger partial charge in [-0.25, -0.2) is 4.98 Å². The van der Waals surface area contributed by atoms with Crippen molar-refractivity contribution in [3.05, 3.63) is 76.6 Å². The number of carbonyl (C=O) groups excluding carboxylic acids is 1. The van der Waals surface area contributed by atoms with Crippen LogP contribution in [0.5, 0.6) is 11.5 Å². The van der Waals surface area contributed by atoms with Crippen LogP contribution in [0.4, 0.5) is 18.9 Å². The summed E-state index contributed by atoms with van der Waals surface area (Å²) < 4.78 is 50.1. The molecule has 4 aromatic rings. The number of amides is 1. The summed E-state index contributed by atoms with van der Waals surface area (Å²) in [6, 6.07) is 10.8. The monoisotopic (exact) mass is 473 g/mol. The number of alkyl halides is 3. The first kappa shape index (κ1) is 22.5. The summed E-state index contributed by atoms with van der Waals surface area (Å²) in [6.07, 6.45) is -1.21. The highest BCUT2D eigenvalue weighted by Crippen LogP contribution is 2.35. The second-order valence-electron chi connectivity index (χ2n) is 7.07. The number of ether oxygens (including phenoxy) is 2. The predicted molar refractivity (Wildman–Crippen MR) is 119 cm³/mol. The SMILES string of the molecule is COc1ccc(NC(=O)c2sc3nc(C(F)(F)F)ccc3c2C)cc1OCc1cccnc1. The van der Waals surface area contributed by atoms with Crippen LogP contribution in [0.1, 0.15) is 26.5 Å². The quantitative estimate of drug-likeness (QED) is 0.380. The number of aryl methyl sites for hydroxylation is 1. The lowest BCUT2D eigenvalue weighted by molar-refractivity contribution is -0.140. The second-order valence-corrected chi connectivity index (χ2v) is 8.07. The molecule has 6 nitrogen and oxygen atoms in total. The molecular weight excluding hydrogens is 455 g/mol. The molecule has 0 spiro atoms. The van der Waals surface area contributed by atoms with Crippen molar-refractivity contribution in [1.82, 2.24) is 9.97 Å². The van der Waals surface area contributed by atoms with E-state index in [1.165, 1.54) is 13.2 Å². The minimum Gasteiger partial charge on any atom is -0.493 e. The van der Waals surface area contributed by atoms with Crippen molar-refractivity contribution in [3.63, 3.8) is 0 Å². The average molecular weight is 473 g/mol. The van der Waals surface area contributed by atoms with Gasteiger partial charge >= 0.3 is 6.18 Å². The van der Waals surface area contributed by atoms with Crippen molar-refractivity contribution in [2.45, 2.75) is 19.7 Å². The number of carbonyl (C=O) groups is 1. The molecule has 0 aliphatic heterocycles. The Morgan fingerprint density at radius 1 is 1.15 bits per heavy atom. The zero-order chi connectivity index (χ0) is 23.6. The number of methoxy groups -OCH3 is 1. The fourth-order valence-corrected chi connectivity index (χ4v) is 4.25. The van der Waals surface area contributed by atoms with Crippen molar-refractivity contribution in [2.75, 3.05) is 12.4 Å². The van der Waals surface area contributed by atoms with Gasteiger partial charge in [0.25, 0.3) is 5.91 Å². The second kappa shape index (κ2) is 9.07. The molecule has 0 aliphatic rings. The highest BCUT2D eigenvalue weighted by Gasteiger charge is 2.33. The van der Waals surface area contributed by atoms with Crippen LogP contribution in [0.2, 0.25) is 0 Å². The number of aromatic nitrogens is 2. The van der Waals surface area contributed by atoms with E-state index in [2.05, 4.69) is 15.3 Å². The molecule has 0 radical (unpaired) electrons. The molecule has 3 aromatic heterocycles. The Morgan fingerprint density at radius 2 is 1.97 bits per heavy atom. The van der Waals surface area contributed by atoms with Gasteiger partial charge in [-0.1, -0.05) is 6.07 Å². The lowest BCUT2D eigenvalue weighted by atomic mass is 10.1. The molecule has 0 atom stereocenters. The molecule has 1 amide bonds. The van der Waals surface area contributed by atoms with Gasteiger partial charge in [-0.2, -0.15) is 13.2 Å². The summed E-state index contributed by atoms with van der Waals surface area (Å²) in [5.74, 6) is 0.454. The summed E-state index contributed by atoms with van der Waals surface area (Å²) in [4.78, 5) is 21.1. The van der Waals surface area contributed by atoms with E-state index in [4.69, 9.17) is 9.47 Å². The average Bonchev–Trinajstić information content (AvgIpc) is 3.14. The minimum atomic E-state index is -4.55. The summed E-state index contributed by atoms with van der Waals surface area (Å²) in [5, 5.41) is 3.28. The molecule has 0 saturated heterocycles. The van der Waals surface area contributed by atoms with Gasteiger partial charge in [-0.15, -0.1) is 11.3 Å². The summed E-state index contributed by atoms with van der Waals surface area (Å²) in [7, 11) is 1.51. The molecule has 3 heterocycles. The van der Waals surface area contributed by atoms with E-state index in [1.54, 1.807) is 43.6 Å². The van der Waals surface area contributed by atoms with Gasteiger partial charge in [0.2, 0.25) is 0 Å². The number of pyridine rings is 2. The number of fused-ring (bicyclic) bond motifs is 1. The van der Waals surface area contributed by atoms with Crippen LogP contribution in [0, 0.1) is 6.92 Å². The van der Waals surface area contributed by atoms with Gasteiger partial charge in [0.1, 0.15) is 17.1 Å². The summed E-state index contributed by atoms with van der Waals surface area (Å²) >= 11 is 0.915. The number of anilines is 1. The highest BCUT2D eigenvalue weighted by atomic mass is 32.1. The largest absolute Gasteiger partial charge is 0.493 e. The first-order valence-electron chi connectivity index (χ1n) is 9.74. The smallest absolute Gasteiger partial charge is 0.433 e. The van der Waals surface area contributed by atoms with E-state index in [0.717, 1.165) is 23.0 Å². The fraction of sp³-hybridized carbons (Fsp3) is 0.174. The standard InChI is InChI=1S/C23H18F3N3O3S/c1-13-16-6-8-19(23(24,25)26)29-22(16)33-20(13)21(30)28-15-5-7-17(31-2)18(10-15)32-12-14-4-3-9-27-11-14/h3-11H,12H2,1-2H3,(H,28,30). The van der Waals surface area contributed by atoms with Crippen LogP contribution >= 0.6 is 11.3 Å². The van der Waals surface area contributed by atoms with E-state index in [0.29, 0.717) is 28.1 Å². The fourth-order valence-electron chi connectivity index (χ4n) is 3.17. The number of benzene rings is 1. The van der Waals surface area contributed by atoms with E-state index < -0.39 is 17.8 Å².